The van der Waals surface area contributed by atoms with Gasteiger partial charge >= 0.3 is 0 Å². The number of hydrogen-bond acceptors (Lipinski definition) is 4. The van der Waals surface area contributed by atoms with Crippen molar-refractivity contribution in [2.45, 2.75) is 19.9 Å². The van der Waals surface area contributed by atoms with Gasteiger partial charge in [0.05, 0.1) is 5.75 Å². The van der Waals surface area contributed by atoms with Crippen molar-refractivity contribution in [1.29, 1.82) is 0 Å². The Morgan fingerprint density at radius 2 is 2.07 bits per heavy atom. The summed E-state index contributed by atoms with van der Waals surface area (Å²) in [5.41, 5.74) is 0. The Hall–Kier alpha value is -0.620. The van der Waals surface area contributed by atoms with Gasteiger partial charge in [0.1, 0.15) is 5.75 Å². The van der Waals surface area contributed by atoms with Crippen LogP contribution in [0.3, 0.4) is 0 Å². The van der Waals surface area contributed by atoms with Crippen molar-refractivity contribution in [2.75, 3.05) is 24.6 Å². The van der Waals surface area contributed by atoms with Crippen molar-refractivity contribution in [1.82, 2.24) is 10.6 Å². The van der Waals surface area contributed by atoms with E-state index in [1.165, 1.54) is 0 Å². The van der Waals surface area contributed by atoms with Crippen LogP contribution in [0.1, 0.15) is 13.8 Å². The molecule has 88 valence electrons. The van der Waals surface area contributed by atoms with Gasteiger partial charge in [-0.05, 0) is 19.8 Å². The van der Waals surface area contributed by atoms with Crippen molar-refractivity contribution < 1.29 is 13.2 Å². The largest absolute Gasteiger partial charge is 0.353 e. The fourth-order valence-electron chi connectivity index (χ4n) is 1.45. The molecule has 0 bridgehead atoms. The summed E-state index contributed by atoms with van der Waals surface area (Å²) in [7, 11) is -3.24. The third-order valence-electron chi connectivity index (χ3n) is 2.16. The van der Waals surface area contributed by atoms with Crippen LogP contribution >= 0.6 is 0 Å². The molecule has 2 N–H and O–H groups in total. The summed E-state index contributed by atoms with van der Waals surface area (Å²) in [6.45, 7) is 5.09. The Morgan fingerprint density at radius 1 is 1.47 bits per heavy atom. The molecule has 6 heteroatoms. The molecule has 15 heavy (non-hydrogen) atoms. The van der Waals surface area contributed by atoms with Crippen LogP contribution in [0.5, 0.6) is 0 Å². The van der Waals surface area contributed by atoms with Crippen molar-refractivity contribution in [3.05, 3.63) is 0 Å². The highest BCUT2D eigenvalue weighted by Gasteiger charge is 2.26. The standard InChI is InChI=1S/C9H18N2O3S/c1-7(2)11-9(12)6-15(13,14)5-8-3-10-4-8/h7-8,10H,3-6H2,1-2H3,(H,11,12). The zero-order valence-electron chi connectivity index (χ0n) is 9.12. The van der Waals surface area contributed by atoms with Crippen LogP contribution in [0.2, 0.25) is 0 Å². The van der Waals surface area contributed by atoms with E-state index >= 15 is 0 Å². The molecule has 1 aliphatic rings. The average molecular weight is 234 g/mol. The smallest absolute Gasteiger partial charge is 0.235 e. The Morgan fingerprint density at radius 3 is 2.47 bits per heavy atom. The summed E-state index contributed by atoms with van der Waals surface area (Å²) >= 11 is 0. The number of amides is 1. The van der Waals surface area contributed by atoms with Crippen molar-refractivity contribution in [2.24, 2.45) is 5.92 Å². The van der Waals surface area contributed by atoms with Crippen LogP contribution < -0.4 is 10.6 Å². The topological polar surface area (TPSA) is 75.3 Å². The number of sulfone groups is 1. The van der Waals surface area contributed by atoms with Crippen molar-refractivity contribution in [3.8, 4) is 0 Å². The Bertz CT molecular complexity index is 320. The minimum Gasteiger partial charge on any atom is -0.353 e. The predicted molar refractivity (Wildman–Crippen MR) is 58.3 cm³/mol. The van der Waals surface area contributed by atoms with E-state index in [0.29, 0.717) is 0 Å². The molecule has 0 aromatic heterocycles. The second-order valence-corrected chi connectivity index (χ2v) is 6.41. The molecule has 0 aromatic rings. The highest BCUT2D eigenvalue weighted by atomic mass is 32.2. The van der Waals surface area contributed by atoms with Crippen LogP contribution in [0.4, 0.5) is 0 Å². The fraction of sp³-hybridized carbons (Fsp3) is 0.889. The third kappa shape index (κ3) is 4.61. The summed E-state index contributed by atoms with van der Waals surface area (Å²) in [5.74, 6) is -0.494. The molecule has 1 fully saturated rings. The monoisotopic (exact) mass is 234 g/mol. The lowest BCUT2D eigenvalue weighted by Crippen LogP contribution is -2.47. The maximum absolute atomic E-state index is 11.5. The molecule has 0 aliphatic carbocycles. The average Bonchev–Trinajstić information content (AvgIpc) is 1.94. The number of carbonyl (C=O) groups excluding carboxylic acids is 1. The van der Waals surface area contributed by atoms with E-state index in [9.17, 15) is 13.2 Å². The molecule has 0 saturated carbocycles. The van der Waals surface area contributed by atoms with Gasteiger partial charge in [-0.1, -0.05) is 0 Å². The van der Waals surface area contributed by atoms with Gasteiger partial charge in [-0.2, -0.15) is 0 Å². The van der Waals surface area contributed by atoms with E-state index in [1.807, 2.05) is 0 Å². The maximum Gasteiger partial charge on any atom is 0.235 e. The zero-order chi connectivity index (χ0) is 11.5. The Labute approximate surface area is 90.5 Å². The van der Waals surface area contributed by atoms with Gasteiger partial charge in [0, 0.05) is 19.1 Å². The van der Waals surface area contributed by atoms with Crippen LogP contribution in [0.25, 0.3) is 0 Å². The summed E-state index contributed by atoms with van der Waals surface area (Å²) in [5, 5.41) is 5.58. The number of rotatable bonds is 5. The normalized spacial score (nSPS) is 17.5. The molecule has 0 atom stereocenters. The van der Waals surface area contributed by atoms with E-state index in [2.05, 4.69) is 10.6 Å². The van der Waals surface area contributed by atoms with Crippen LogP contribution in [-0.2, 0) is 14.6 Å². The lowest BCUT2D eigenvalue weighted by molar-refractivity contribution is -0.119. The van der Waals surface area contributed by atoms with Crippen LogP contribution in [-0.4, -0.2) is 45.0 Å². The molecule has 0 unspecified atom stereocenters. The minimum atomic E-state index is -3.24. The van der Waals surface area contributed by atoms with E-state index < -0.39 is 15.7 Å². The Balaban J connectivity index is 2.37. The first-order chi connectivity index (χ1) is 6.89. The predicted octanol–water partition coefficient (Wildman–Crippen LogP) is -0.855. The molecule has 1 amide bonds. The maximum atomic E-state index is 11.5. The number of hydrogen-bond donors (Lipinski definition) is 2. The van der Waals surface area contributed by atoms with Crippen molar-refractivity contribution in [3.63, 3.8) is 0 Å². The summed E-state index contributed by atoms with van der Waals surface area (Å²) < 4.78 is 23.1. The number of nitrogens with one attached hydrogen (secondary N) is 2. The molecule has 1 aliphatic heterocycles. The second kappa shape index (κ2) is 4.94. The molecule has 5 nitrogen and oxygen atoms in total. The van der Waals surface area contributed by atoms with E-state index in [-0.39, 0.29) is 23.5 Å². The zero-order valence-corrected chi connectivity index (χ0v) is 9.93. The van der Waals surface area contributed by atoms with Gasteiger partial charge < -0.3 is 10.6 Å². The van der Waals surface area contributed by atoms with Gasteiger partial charge in [0.25, 0.3) is 0 Å². The van der Waals surface area contributed by atoms with Crippen LogP contribution in [0, 0.1) is 5.92 Å². The van der Waals surface area contributed by atoms with Gasteiger partial charge in [-0.25, -0.2) is 8.42 Å². The molecule has 0 spiro atoms. The van der Waals surface area contributed by atoms with Gasteiger partial charge in [-0.15, -0.1) is 0 Å². The third-order valence-corrected chi connectivity index (χ3v) is 3.84. The van der Waals surface area contributed by atoms with E-state index in [0.717, 1.165) is 13.1 Å². The lowest BCUT2D eigenvalue weighted by Gasteiger charge is -2.26. The molecular weight excluding hydrogens is 216 g/mol. The fourth-order valence-corrected chi connectivity index (χ4v) is 3.00. The molecule has 1 heterocycles. The SMILES string of the molecule is CC(C)NC(=O)CS(=O)(=O)CC1CNC1. The van der Waals surface area contributed by atoms with Crippen molar-refractivity contribution >= 4 is 15.7 Å². The van der Waals surface area contributed by atoms with E-state index in [4.69, 9.17) is 0 Å². The minimum absolute atomic E-state index is 0.0157. The van der Waals surface area contributed by atoms with Gasteiger partial charge in [0.2, 0.25) is 5.91 Å². The Kier molecular flexibility index (Phi) is 4.10. The highest BCUT2D eigenvalue weighted by Crippen LogP contribution is 2.07. The second-order valence-electron chi connectivity index (χ2n) is 4.30. The van der Waals surface area contributed by atoms with Gasteiger partial charge in [0.15, 0.2) is 9.84 Å². The molecule has 0 radical (unpaired) electrons. The van der Waals surface area contributed by atoms with Crippen LogP contribution in [0.15, 0.2) is 0 Å². The lowest BCUT2D eigenvalue weighted by atomic mass is 10.1. The first-order valence-electron chi connectivity index (χ1n) is 5.09. The summed E-state index contributed by atoms with van der Waals surface area (Å²) in [6.07, 6.45) is 0. The summed E-state index contributed by atoms with van der Waals surface area (Å²) in [4.78, 5) is 11.3. The first kappa shape index (κ1) is 12.4. The highest BCUT2D eigenvalue weighted by molar-refractivity contribution is 7.92. The molecule has 0 aromatic carbocycles. The van der Waals surface area contributed by atoms with E-state index in [1.54, 1.807) is 13.8 Å². The number of carbonyl (C=O) groups is 1. The summed E-state index contributed by atoms with van der Waals surface area (Å²) in [6, 6.07) is -0.0157. The molecule has 1 rings (SSSR count). The first-order valence-corrected chi connectivity index (χ1v) is 6.91. The quantitative estimate of drug-likeness (QED) is 0.649. The molecule has 1 saturated heterocycles. The van der Waals surface area contributed by atoms with Gasteiger partial charge in [-0.3, -0.25) is 4.79 Å². The molecular formula is C9H18N2O3S.